The molecule has 1 aromatic carbocycles. The Balaban J connectivity index is 2.30. The van der Waals surface area contributed by atoms with Crippen LogP contribution in [0.5, 0.6) is 28.9 Å². The summed E-state index contributed by atoms with van der Waals surface area (Å²) in [6.45, 7) is 0. The molecule has 0 spiro atoms. The van der Waals surface area contributed by atoms with Crippen molar-refractivity contribution in [1.82, 2.24) is 4.98 Å². The van der Waals surface area contributed by atoms with E-state index in [4.69, 9.17) is 24.7 Å². The zero-order chi connectivity index (χ0) is 16.1. The van der Waals surface area contributed by atoms with Gasteiger partial charge in [0.05, 0.1) is 26.9 Å². The Hall–Kier alpha value is -2.96. The Morgan fingerprint density at radius 2 is 1.68 bits per heavy atom. The van der Waals surface area contributed by atoms with E-state index in [2.05, 4.69) is 4.98 Å². The van der Waals surface area contributed by atoms with E-state index >= 15 is 0 Å². The lowest BCUT2D eigenvalue weighted by Crippen LogP contribution is -2.10. The molecule has 22 heavy (non-hydrogen) atoms. The summed E-state index contributed by atoms with van der Waals surface area (Å²) in [6.07, 6.45) is 1.34. The molecule has 0 unspecified atom stereocenters. The molecule has 0 aliphatic heterocycles. The van der Waals surface area contributed by atoms with Crippen molar-refractivity contribution in [2.45, 2.75) is 0 Å². The van der Waals surface area contributed by atoms with E-state index < -0.39 is 5.91 Å². The fourth-order valence-corrected chi connectivity index (χ4v) is 1.82. The van der Waals surface area contributed by atoms with Gasteiger partial charge in [0.1, 0.15) is 5.75 Å². The molecule has 1 aromatic heterocycles. The van der Waals surface area contributed by atoms with E-state index in [0.29, 0.717) is 34.4 Å². The first-order valence-electron chi connectivity index (χ1n) is 6.32. The number of amides is 1. The van der Waals surface area contributed by atoms with Crippen molar-refractivity contribution < 1.29 is 23.7 Å². The van der Waals surface area contributed by atoms with Crippen molar-refractivity contribution in [3.05, 3.63) is 36.0 Å². The SMILES string of the molecule is COc1cc(Oc2ccc(C(N)=O)cn2)cc(OC)c1OC. The predicted octanol–water partition coefficient (Wildman–Crippen LogP) is 2.00. The van der Waals surface area contributed by atoms with Crippen molar-refractivity contribution in [2.75, 3.05) is 21.3 Å². The minimum Gasteiger partial charge on any atom is -0.493 e. The number of aromatic nitrogens is 1. The van der Waals surface area contributed by atoms with Crippen molar-refractivity contribution in [2.24, 2.45) is 5.73 Å². The van der Waals surface area contributed by atoms with Gasteiger partial charge in [0.15, 0.2) is 11.5 Å². The van der Waals surface area contributed by atoms with Crippen molar-refractivity contribution in [3.63, 3.8) is 0 Å². The van der Waals surface area contributed by atoms with Crippen LogP contribution in [0.3, 0.4) is 0 Å². The molecule has 0 radical (unpaired) electrons. The van der Waals surface area contributed by atoms with Gasteiger partial charge in [0, 0.05) is 24.4 Å². The van der Waals surface area contributed by atoms with Gasteiger partial charge in [-0.2, -0.15) is 0 Å². The zero-order valence-electron chi connectivity index (χ0n) is 12.5. The molecule has 116 valence electrons. The summed E-state index contributed by atoms with van der Waals surface area (Å²) in [5.74, 6) is 1.60. The number of carbonyl (C=O) groups is 1. The smallest absolute Gasteiger partial charge is 0.250 e. The number of nitrogens with zero attached hydrogens (tertiary/aromatic N) is 1. The third-order valence-electron chi connectivity index (χ3n) is 2.88. The number of methoxy groups -OCH3 is 3. The second-order valence-corrected chi connectivity index (χ2v) is 4.21. The largest absolute Gasteiger partial charge is 0.493 e. The fraction of sp³-hybridized carbons (Fsp3) is 0.200. The number of benzene rings is 1. The fourth-order valence-electron chi connectivity index (χ4n) is 1.82. The second-order valence-electron chi connectivity index (χ2n) is 4.21. The Kier molecular flexibility index (Phi) is 4.67. The van der Waals surface area contributed by atoms with Crippen LogP contribution in [0, 0.1) is 0 Å². The van der Waals surface area contributed by atoms with Crippen LogP contribution in [0.4, 0.5) is 0 Å². The first-order valence-corrected chi connectivity index (χ1v) is 6.32. The Morgan fingerprint density at radius 3 is 2.09 bits per heavy atom. The van der Waals surface area contributed by atoms with Crippen LogP contribution in [0.1, 0.15) is 10.4 Å². The van der Waals surface area contributed by atoms with Gasteiger partial charge >= 0.3 is 0 Å². The van der Waals surface area contributed by atoms with Gasteiger partial charge in [-0.1, -0.05) is 0 Å². The number of nitrogens with two attached hydrogens (primary N) is 1. The van der Waals surface area contributed by atoms with Gasteiger partial charge in [0.2, 0.25) is 17.5 Å². The highest BCUT2D eigenvalue weighted by molar-refractivity contribution is 5.92. The minimum absolute atomic E-state index is 0.303. The highest BCUT2D eigenvalue weighted by atomic mass is 16.5. The molecular weight excluding hydrogens is 288 g/mol. The van der Waals surface area contributed by atoms with Gasteiger partial charge < -0.3 is 24.7 Å². The molecule has 0 bridgehead atoms. The molecule has 2 N–H and O–H groups in total. The second kappa shape index (κ2) is 6.66. The summed E-state index contributed by atoms with van der Waals surface area (Å²) in [7, 11) is 4.55. The van der Waals surface area contributed by atoms with Gasteiger partial charge in [-0.15, -0.1) is 0 Å². The van der Waals surface area contributed by atoms with Gasteiger partial charge in [-0.25, -0.2) is 4.98 Å². The average molecular weight is 304 g/mol. The molecule has 0 atom stereocenters. The van der Waals surface area contributed by atoms with Crippen molar-refractivity contribution in [1.29, 1.82) is 0 Å². The number of rotatable bonds is 6. The van der Waals surface area contributed by atoms with Crippen LogP contribution in [0.2, 0.25) is 0 Å². The molecular formula is C15H16N2O5. The lowest BCUT2D eigenvalue weighted by molar-refractivity contribution is 0.1000. The minimum atomic E-state index is -0.549. The maximum atomic E-state index is 11.0. The van der Waals surface area contributed by atoms with E-state index in [1.807, 2.05) is 0 Å². The molecule has 0 saturated carbocycles. The molecule has 2 rings (SSSR count). The summed E-state index contributed by atoms with van der Waals surface area (Å²) < 4.78 is 21.3. The Morgan fingerprint density at radius 1 is 1.05 bits per heavy atom. The molecule has 0 aliphatic carbocycles. The van der Waals surface area contributed by atoms with E-state index in [1.165, 1.54) is 33.6 Å². The number of carbonyl (C=O) groups excluding carboxylic acids is 1. The van der Waals surface area contributed by atoms with Crippen LogP contribution in [-0.4, -0.2) is 32.2 Å². The standard InChI is InChI=1S/C15H16N2O5/c1-19-11-6-10(7-12(20-2)14(11)21-3)22-13-5-4-9(8-17-13)15(16)18/h4-8H,1-3H3,(H2,16,18). The number of pyridine rings is 1. The van der Waals surface area contributed by atoms with E-state index in [0.717, 1.165) is 0 Å². The lowest BCUT2D eigenvalue weighted by Gasteiger charge is -2.14. The third kappa shape index (κ3) is 3.20. The van der Waals surface area contributed by atoms with Crippen LogP contribution in [0.25, 0.3) is 0 Å². The quantitative estimate of drug-likeness (QED) is 0.877. The Labute approximate surface area is 127 Å². The normalized spacial score (nSPS) is 9.95. The Bertz CT molecular complexity index is 645. The third-order valence-corrected chi connectivity index (χ3v) is 2.88. The number of ether oxygens (including phenoxy) is 4. The first-order chi connectivity index (χ1) is 10.6. The maximum Gasteiger partial charge on any atom is 0.250 e. The molecule has 0 aliphatic rings. The lowest BCUT2D eigenvalue weighted by atomic mass is 10.2. The van der Waals surface area contributed by atoms with Crippen LogP contribution < -0.4 is 24.7 Å². The average Bonchev–Trinajstić information content (AvgIpc) is 2.54. The number of primary amides is 1. The first kappa shape index (κ1) is 15.4. The maximum absolute atomic E-state index is 11.0. The molecule has 1 amide bonds. The van der Waals surface area contributed by atoms with E-state index in [-0.39, 0.29) is 0 Å². The molecule has 2 aromatic rings. The summed E-state index contributed by atoms with van der Waals surface area (Å²) in [5.41, 5.74) is 5.46. The molecule has 7 heteroatoms. The highest BCUT2D eigenvalue weighted by Gasteiger charge is 2.14. The monoisotopic (exact) mass is 304 g/mol. The van der Waals surface area contributed by atoms with Crippen LogP contribution >= 0.6 is 0 Å². The van der Waals surface area contributed by atoms with Gasteiger partial charge in [-0.05, 0) is 6.07 Å². The molecule has 1 heterocycles. The number of hydrogen-bond donors (Lipinski definition) is 1. The zero-order valence-corrected chi connectivity index (χ0v) is 12.5. The topological polar surface area (TPSA) is 92.9 Å². The van der Waals surface area contributed by atoms with Gasteiger partial charge in [-0.3, -0.25) is 4.79 Å². The molecule has 0 fully saturated rings. The summed E-state index contributed by atoms with van der Waals surface area (Å²) in [6, 6.07) is 6.36. The van der Waals surface area contributed by atoms with Crippen molar-refractivity contribution in [3.8, 4) is 28.9 Å². The number of hydrogen-bond acceptors (Lipinski definition) is 6. The summed E-state index contributed by atoms with van der Waals surface area (Å²) in [4.78, 5) is 15.0. The van der Waals surface area contributed by atoms with Crippen molar-refractivity contribution >= 4 is 5.91 Å². The summed E-state index contributed by atoms with van der Waals surface area (Å²) >= 11 is 0. The molecule has 7 nitrogen and oxygen atoms in total. The predicted molar refractivity (Wildman–Crippen MR) is 78.9 cm³/mol. The van der Waals surface area contributed by atoms with Crippen LogP contribution in [-0.2, 0) is 0 Å². The highest BCUT2D eigenvalue weighted by Crippen LogP contribution is 2.41. The summed E-state index contributed by atoms with van der Waals surface area (Å²) in [5, 5.41) is 0. The van der Waals surface area contributed by atoms with Gasteiger partial charge in [0.25, 0.3) is 0 Å². The van der Waals surface area contributed by atoms with E-state index in [1.54, 1.807) is 18.2 Å². The van der Waals surface area contributed by atoms with Crippen LogP contribution in [0.15, 0.2) is 30.5 Å². The van der Waals surface area contributed by atoms with E-state index in [9.17, 15) is 4.79 Å². The molecule has 0 saturated heterocycles.